The summed E-state index contributed by atoms with van der Waals surface area (Å²) in [4.78, 5) is 37.2. The molecule has 0 bridgehead atoms. The van der Waals surface area contributed by atoms with Gasteiger partial charge in [-0.15, -0.1) is 0 Å². The molecule has 0 aliphatic rings. The number of carbonyl (C=O) groups excluding carboxylic acids is 3. The molecule has 0 aliphatic heterocycles. The smallest absolute Gasteiger partial charge is 0.345 e. The van der Waals surface area contributed by atoms with Crippen LogP contribution in [0.15, 0.2) is 59.7 Å². The lowest BCUT2D eigenvalue weighted by atomic mass is 10.0. The lowest BCUT2D eigenvalue weighted by molar-refractivity contribution is -0.126. The van der Waals surface area contributed by atoms with Crippen molar-refractivity contribution in [3.8, 4) is 5.75 Å². The van der Waals surface area contributed by atoms with Crippen LogP contribution in [0.3, 0.4) is 0 Å². The number of ether oxygens (including phenoxy) is 1. The predicted octanol–water partition coefficient (Wildman–Crippen LogP) is 7.85. The largest absolute Gasteiger partial charge is 0.422 e. The Morgan fingerprint density at radius 3 is 2.29 bits per heavy atom. The van der Waals surface area contributed by atoms with Crippen LogP contribution in [0.4, 0.5) is 0 Å². The zero-order valence-corrected chi connectivity index (χ0v) is 24.9. The van der Waals surface area contributed by atoms with Gasteiger partial charge >= 0.3 is 5.97 Å². The van der Waals surface area contributed by atoms with Crippen molar-refractivity contribution in [2.24, 2.45) is 5.10 Å². The molecule has 3 aromatic rings. The Hall–Kier alpha value is -3.42. The predicted molar refractivity (Wildman–Crippen MR) is 166 cm³/mol. The molecule has 0 atom stereocenters. The second-order valence-corrected chi connectivity index (χ2v) is 10.7. The molecule has 9 heteroatoms. The van der Waals surface area contributed by atoms with E-state index >= 15 is 0 Å². The highest BCUT2D eigenvalue weighted by molar-refractivity contribution is 6.36. The van der Waals surface area contributed by atoms with Crippen LogP contribution in [-0.2, 0) is 9.59 Å². The van der Waals surface area contributed by atoms with Gasteiger partial charge in [0.25, 0.3) is 5.91 Å². The Bertz CT molecular complexity index is 1360. The first-order valence-corrected chi connectivity index (χ1v) is 14.9. The van der Waals surface area contributed by atoms with E-state index in [1.165, 1.54) is 56.9 Å². The van der Waals surface area contributed by atoms with Crippen molar-refractivity contribution < 1.29 is 19.1 Å². The maximum Gasteiger partial charge on any atom is 0.345 e. The molecule has 0 heterocycles. The molecule has 3 aromatic carbocycles. The monoisotopic (exact) mass is 597 g/mol. The van der Waals surface area contributed by atoms with Gasteiger partial charge in [0, 0.05) is 17.0 Å². The fourth-order valence-electron chi connectivity index (χ4n) is 4.38. The van der Waals surface area contributed by atoms with Gasteiger partial charge in [-0.05, 0) is 41.5 Å². The van der Waals surface area contributed by atoms with Crippen molar-refractivity contribution >= 4 is 58.0 Å². The zero-order chi connectivity index (χ0) is 29.5. The van der Waals surface area contributed by atoms with Gasteiger partial charge in [-0.25, -0.2) is 10.2 Å². The van der Waals surface area contributed by atoms with Crippen molar-refractivity contribution in [2.75, 3.05) is 6.54 Å². The molecule has 7 nitrogen and oxygen atoms in total. The number of fused-ring (bicyclic) bond motifs is 1. The molecule has 0 radical (unpaired) electrons. The molecule has 0 saturated carbocycles. The fraction of sp³-hybridized carbons (Fsp3) is 0.375. The Balaban J connectivity index is 1.51. The highest BCUT2D eigenvalue weighted by atomic mass is 35.5. The number of amides is 2. The zero-order valence-electron chi connectivity index (χ0n) is 23.4. The minimum absolute atomic E-state index is 0.156. The van der Waals surface area contributed by atoms with Crippen LogP contribution < -0.4 is 15.5 Å². The summed E-state index contributed by atoms with van der Waals surface area (Å²) in [6.45, 7) is 2.03. The van der Waals surface area contributed by atoms with Crippen molar-refractivity contribution in [1.82, 2.24) is 10.7 Å². The summed E-state index contributed by atoms with van der Waals surface area (Å²) < 4.78 is 5.65. The van der Waals surface area contributed by atoms with Gasteiger partial charge in [0.05, 0.1) is 23.3 Å². The summed E-state index contributed by atoms with van der Waals surface area (Å²) >= 11 is 12.1. The summed E-state index contributed by atoms with van der Waals surface area (Å²) in [5.74, 6) is -1.04. The van der Waals surface area contributed by atoms with Crippen molar-refractivity contribution in [3.63, 3.8) is 0 Å². The van der Waals surface area contributed by atoms with E-state index in [9.17, 15) is 14.4 Å². The number of halogens is 2. The highest BCUT2D eigenvalue weighted by Crippen LogP contribution is 2.29. The molecule has 218 valence electrons. The Kier molecular flexibility index (Phi) is 13.6. The molecule has 3 rings (SSSR count). The second-order valence-electron chi connectivity index (χ2n) is 9.86. The maximum absolute atomic E-state index is 12.8. The number of rotatable bonds is 16. The number of esters is 1. The summed E-state index contributed by atoms with van der Waals surface area (Å²) in [5, 5.41) is 8.93. The minimum Gasteiger partial charge on any atom is -0.422 e. The van der Waals surface area contributed by atoms with Gasteiger partial charge < -0.3 is 10.1 Å². The normalized spacial score (nSPS) is 11.1. The lowest BCUT2D eigenvalue weighted by Crippen LogP contribution is -2.34. The van der Waals surface area contributed by atoms with Crippen LogP contribution in [-0.4, -0.2) is 30.5 Å². The quantitative estimate of drug-likeness (QED) is 0.0577. The SMILES string of the molecule is CCCCCCCCCCCC(=O)NCC(=O)N/N=C\c1c(OC(=O)c2ccc(Cl)cc2Cl)ccc2ccccc12. The van der Waals surface area contributed by atoms with E-state index in [0.29, 0.717) is 17.0 Å². The summed E-state index contributed by atoms with van der Waals surface area (Å²) in [7, 11) is 0. The fourth-order valence-corrected chi connectivity index (χ4v) is 4.87. The van der Waals surface area contributed by atoms with Gasteiger partial charge in [0.1, 0.15) is 5.75 Å². The van der Waals surface area contributed by atoms with Gasteiger partial charge in [-0.1, -0.05) is 112 Å². The van der Waals surface area contributed by atoms with Crippen molar-refractivity contribution in [1.29, 1.82) is 0 Å². The molecule has 0 fully saturated rings. The Morgan fingerprint density at radius 2 is 1.56 bits per heavy atom. The second kappa shape index (κ2) is 17.4. The lowest BCUT2D eigenvalue weighted by Gasteiger charge is -2.11. The minimum atomic E-state index is -0.657. The molecule has 41 heavy (non-hydrogen) atoms. The topological polar surface area (TPSA) is 96.9 Å². The van der Waals surface area contributed by atoms with E-state index in [4.69, 9.17) is 27.9 Å². The van der Waals surface area contributed by atoms with Crippen molar-refractivity contribution in [2.45, 2.75) is 71.1 Å². The van der Waals surface area contributed by atoms with Crippen LogP contribution in [0.2, 0.25) is 10.0 Å². The standard InChI is InChI=1S/C32H37Cl2N3O4/c1-2-3-4-5-6-7-8-9-10-15-30(38)35-22-31(39)37-36-21-27-25-14-12-11-13-23(25)16-19-29(27)41-32(40)26-18-17-24(33)20-28(26)34/h11-14,16-21H,2-10,15,22H2,1H3,(H,35,38)(H,37,39)/b36-21-. The first-order valence-electron chi connectivity index (χ1n) is 14.2. The highest BCUT2D eigenvalue weighted by Gasteiger charge is 2.16. The van der Waals surface area contributed by atoms with E-state index < -0.39 is 11.9 Å². The molecule has 0 aliphatic carbocycles. The van der Waals surface area contributed by atoms with Gasteiger partial charge in [0.15, 0.2) is 0 Å². The van der Waals surface area contributed by atoms with Crippen LogP contribution >= 0.6 is 23.2 Å². The van der Waals surface area contributed by atoms with Gasteiger partial charge in [-0.2, -0.15) is 5.10 Å². The van der Waals surface area contributed by atoms with Crippen LogP contribution in [0.25, 0.3) is 10.8 Å². The molecule has 0 saturated heterocycles. The van der Waals surface area contributed by atoms with Crippen LogP contribution in [0, 0.1) is 0 Å². The first kappa shape index (κ1) is 32.1. The van der Waals surface area contributed by atoms with Crippen LogP contribution in [0.5, 0.6) is 5.75 Å². The number of unbranched alkanes of at least 4 members (excludes halogenated alkanes) is 8. The van der Waals surface area contributed by atoms with Crippen molar-refractivity contribution in [3.05, 3.63) is 75.8 Å². The molecule has 2 N–H and O–H groups in total. The third kappa shape index (κ3) is 10.8. The number of carbonyl (C=O) groups is 3. The molecule has 2 amide bonds. The Labute approximate surface area is 251 Å². The molecular formula is C32H37Cl2N3O4. The summed E-state index contributed by atoms with van der Waals surface area (Å²) in [6, 6.07) is 15.5. The first-order chi connectivity index (χ1) is 19.9. The number of hydrogen-bond donors (Lipinski definition) is 2. The molecule has 0 spiro atoms. The average Bonchev–Trinajstić information content (AvgIpc) is 2.96. The van der Waals surface area contributed by atoms with Gasteiger partial charge in [0.2, 0.25) is 5.91 Å². The number of nitrogens with zero attached hydrogens (tertiary/aromatic N) is 1. The molecule has 0 unspecified atom stereocenters. The van der Waals surface area contributed by atoms with E-state index in [-0.39, 0.29) is 28.8 Å². The number of nitrogens with one attached hydrogen (secondary N) is 2. The molecular weight excluding hydrogens is 561 g/mol. The van der Waals surface area contributed by atoms with E-state index in [1.54, 1.807) is 12.1 Å². The number of benzene rings is 3. The van der Waals surface area contributed by atoms with Crippen LogP contribution in [0.1, 0.15) is 87.1 Å². The van der Waals surface area contributed by atoms with E-state index in [2.05, 4.69) is 22.8 Å². The number of hydrazone groups is 1. The molecule has 0 aromatic heterocycles. The average molecular weight is 599 g/mol. The third-order valence-electron chi connectivity index (χ3n) is 6.62. The van der Waals surface area contributed by atoms with E-state index in [0.717, 1.165) is 30.0 Å². The van der Waals surface area contributed by atoms with E-state index in [1.807, 2.05) is 30.3 Å². The maximum atomic E-state index is 12.8. The number of hydrogen-bond acceptors (Lipinski definition) is 5. The van der Waals surface area contributed by atoms with Gasteiger partial charge in [-0.3, -0.25) is 9.59 Å². The Morgan fingerprint density at radius 1 is 0.854 bits per heavy atom. The third-order valence-corrected chi connectivity index (χ3v) is 7.17. The summed E-state index contributed by atoms with van der Waals surface area (Å²) in [5.41, 5.74) is 3.09. The summed E-state index contributed by atoms with van der Waals surface area (Å²) in [6.07, 6.45) is 12.4.